The monoisotopic (exact) mass is 382 g/mol. The third kappa shape index (κ3) is 5.00. The van der Waals surface area contributed by atoms with E-state index in [1.807, 2.05) is 24.5 Å². The van der Waals surface area contributed by atoms with Crippen molar-refractivity contribution >= 4 is 5.91 Å². The zero-order valence-corrected chi connectivity index (χ0v) is 16.4. The highest BCUT2D eigenvalue weighted by Crippen LogP contribution is 2.24. The molecule has 0 spiro atoms. The van der Waals surface area contributed by atoms with Crippen LogP contribution < -0.4 is 5.32 Å². The van der Waals surface area contributed by atoms with Crippen LogP contribution in [0.25, 0.3) is 0 Å². The number of nitrogens with one attached hydrogen (secondary N) is 1. The Kier molecular flexibility index (Phi) is 6.39. The van der Waals surface area contributed by atoms with E-state index in [-0.39, 0.29) is 11.8 Å². The highest BCUT2D eigenvalue weighted by Gasteiger charge is 2.31. The first-order valence-electron chi connectivity index (χ1n) is 10.4. The molecule has 1 N–H and O–H groups in total. The predicted molar refractivity (Wildman–Crippen MR) is 107 cm³/mol. The first kappa shape index (κ1) is 19.2. The van der Waals surface area contributed by atoms with Gasteiger partial charge in [-0.3, -0.25) is 19.6 Å². The summed E-state index contributed by atoms with van der Waals surface area (Å²) in [6, 6.07) is 8.55. The lowest BCUT2D eigenvalue weighted by Gasteiger charge is -2.42. The van der Waals surface area contributed by atoms with E-state index in [2.05, 4.69) is 32.2 Å². The van der Waals surface area contributed by atoms with Crippen molar-refractivity contribution in [3.63, 3.8) is 0 Å². The molecule has 2 fully saturated rings. The van der Waals surface area contributed by atoms with Gasteiger partial charge in [-0.2, -0.15) is 0 Å². The van der Waals surface area contributed by atoms with E-state index in [1.54, 1.807) is 6.26 Å². The number of aromatic nitrogens is 1. The van der Waals surface area contributed by atoms with Crippen LogP contribution in [0.3, 0.4) is 0 Å². The molecule has 0 bridgehead atoms. The molecule has 6 heteroatoms. The molecule has 0 aromatic carbocycles. The summed E-state index contributed by atoms with van der Waals surface area (Å²) in [6.45, 7) is 5.75. The van der Waals surface area contributed by atoms with Gasteiger partial charge >= 0.3 is 0 Å². The van der Waals surface area contributed by atoms with Gasteiger partial charge in [0.25, 0.3) is 0 Å². The van der Waals surface area contributed by atoms with Crippen LogP contribution in [0.4, 0.5) is 0 Å². The highest BCUT2D eigenvalue weighted by molar-refractivity contribution is 5.78. The maximum atomic E-state index is 12.6. The molecule has 0 saturated carbocycles. The van der Waals surface area contributed by atoms with Crippen LogP contribution >= 0.6 is 0 Å². The summed E-state index contributed by atoms with van der Waals surface area (Å²) in [5.41, 5.74) is 1.33. The maximum Gasteiger partial charge on any atom is 0.224 e. The van der Waals surface area contributed by atoms with Crippen LogP contribution in [0.1, 0.15) is 37.0 Å². The third-order valence-electron chi connectivity index (χ3n) is 6.07. The molecule has 0 aliphatic carbocycles. The van der Waals surface area contributed by atoms with Gasteiger partial charge in [-0.1, -0.05) is 0 Å². The minimum Gasteiger partial charge on any atom is -0.467 e. The molecule has 2 aliphatic heterocycles. The molecule has 4 heterocycles. The van der Waals surface area contributed by atoms with Gasteiger partial charge in [-0.15, -0.1) is 0 Å². The lowest BCUT2D eigenvalue weighted by Crippen LogP contribution is -2.50. The lowest BCUT2D eigenvalue weighted by molar-refractivity contribution is -0.127. The Hall–Kier alpha value is -2.18. The van der Waals surface area contributed by atoms with E-state index in [4.69, 9.17) is 4.42 Å². The van der Waals surface area contributed by atoms with Crippen molar-refractivity contribution in [1.29, 1.82) is 0 Å². The lowest BCUT2D eigenvalue weighted by atomic mass is 9.93. The van der Waals surface area contributed by atoms with Crippen molar-refractivity contribution in [2.24, 2.45) is 5.92 Å². The number of pyridine rings is 1. The zero-order valence-electron chi connectivity index (χ0n) is 16.4. The van der Waals surface area contributed by atoms with Gasteiger partial charge in [0.15, 0.2) is 0 Å². The van der Waals surface area contributed by atoms with Gasteiger partial charge in [0, 0.05) is 31.5 Å². The molecule has 6 nitrogen and oxygen atoms in total. The number of piperidine rings is 2. The van der Waals surface area contributed by atoms with Gasteiger partial charge in [0.05, 0.1) is 18.7 Å². The molecule has 1 amide bonds. The van der Waals surface area contributed by atoms with E-state index < -0.39 is 0 Å². The zero-order chi connectivity index (χ0) is 19.2. The van der Waals surface area contributed by atoms with E-state index in [1.165, 1.54) is 18.4 Å². The molecule has 1 unspecified atom stereocenters. The molecular formula is C22H30N4O2. The van der Waals surface area contributed by atoms with Crippen LogP contribution in [-0.4, -0.2) is 52.9 Å². The Morgan fingerprint density at radius 3 is 2.71 bits per heavy atom. The van der Waals surface area contributed by atoms with Crippen LogP contribution in [0.15, 0.2) is 47.3 Å². The smallest absolute Gasteiger partial charge is 0.224 e. The number of nitrogens with zero attached hydrogens (tertiary/aromatic N) is 3. The number of carbonyl (C=O) groups excluding carboxylic acids is 1. The number of hydrogen-bond donors (Lipinski definition) is 1. The second kappa shape index (κ2) is 9.34. The maximum absolute atomic E-state index is 12.6. The summed E-state index contributed by atoms with van der Waals surface area (Å²) in [4.78, 5) is 21.8. The second-order valence-corrected chi connectivity index (χ2v) is 7.99. The molecule has 1 atom stereocenters. The summed E-state index contributed by atoms with van der Waals surface area (Å²) in [5.74, 6) is 1.07. The van der Waals surface area contributed by atoms with E-state index >= 15 is 0 Å². The summed E-state index contributed by atoms with van der Waals surface area (Å²) in [6.07, 6.45) is 9.85. The van der Waals surface area contributed by atoms with Gasteiger partial charge in [0.2, 0.25) is 5.91 Å². The SMILES string of the molecule is O=C(NCc1ccco1)C1CCCN(C2CCN(Cc3ccncc3)CC2)C1. The second-order valence-electron chi connectivity index (χ2n) is 7.99. The third-order valence-corrected chi connectivity index (χ3v) is 6.07. The summed E-state index contributed by atoms with van der Waals surface area (Å²) < 4.78 is 5.31. The number of rotatable bonds is 6. The molecule has 2 aromatic rings. The first-order valence-corrected chi connectivity index (χ1v) is 10.4. The average Bonchev–Trinajstić information content (AvgIpc) is 3.27. The van der Waals surface area contributed by atoms with Crippen molar-refractivity contribution in [3.05, 3.63) is 54.2 Å². The number of carbonyl (C=O) groups is 1. The quantitative estimate of drug-likeness (QED) is 0.832. The Labute approximate surface area is 166 Å². The van der Waals surface area contributed by atoms with E-state index in [0.717, 1.165) is 51.3 Å². The minimum absolute atomic E-state index is 0.0959. The van der Waals surface area contributed by atoms with Gasteiger partial charge in [-0.25, -0.2) is 0 Å². The van der Waals surface area contributed by atoms with Gasteiger partial charge in [-0.05, 0) is 75.1 Å². The summed E-state index contributed by atoms with van der Waals surface area (Å²) in [5, 5.41) is 3.04. The van der Waals surface area contributed by atoms with Crippen molar-refractivity contribution < 1.29 is 9.21 Å². The molecule has 2 aliphatic rings. The van der Waals surface area contributed by atoms with Crippen molar-refractivity contribution in [1.82, 2.24) is 20.1 Å². The van der Waals surface area contributed by atoms with E-state index in [0.29, 0.717) is 12.6 Å². The summed E-state index contributed by atoms with van der Waals surface area (Å²) in [7, 11) is 0. The van der Waals surface area contributed by atoms with Gasteiger partial charge < -0.3 is 9.73 Å². The Morgan fingerprint density at radius 2 is 1.96 bits per heavy atom. The van der Waals surface area contributed by atoms with Crippen molar-refractivity contribution in [2.45, 2.75) is 44.8 Å². The molecule has 0 radical (unpaired) electrons. The van der Waals surface area contributed by atoms with Crippen LogP contribution in [-0.2, 0) is 17.9 Å². The number of amides is 1. The fraction of sp³-hybridized carbons (Fsp3) is 0.545. The van der Waals surface area contributed by atoms with Crippen LogP contribution in [0.2, 0.25) is 0 Å². The standard InChI is InChI=1S/C22H30N4O2/c27-22(24-15-21-4-2-14-28-21)19-3-1-11-26(17-19)20-7-12-25(13-8-20)16-18-5-9-23-10-6-18/h2,4-6,9-10,14,19-20H,1,3,7-8,11-13,15-17H2,(H,24,27). The fourth-order valence-electron chi connectivity index (χ4n) is 4.47. The Morgan fingerprint density at radius 1 is 1.14 bits per heavy atom. The fourth-order valence-corrected chi connectivity index (χ4v) is 4.47. The highest BCUT2D eigenvalue weighted by atomic mass is 16.3. The molecular weight excluding hydrogens is 352 g/mol. The van der Waals surface area contributed by atoms with Crippen LogP contribution in [0, 0.1) is 5.92 Å². The minimum atomic E-state index is 0.0959. The van der Waals surface area contributed by atoms with Crippen molar-refractivity contribution in [3.8, 4) is 0 Å². The molecule has 2 saturated heterocycles. The Bertz CT molecular complexity index is 726. The number of hydrogen-bond acceptors (Lipinski definition) is 5. The molecule has 150 valence electrons. The number of furan rings is 1. The summed E-state index contributed by atoms with van der Waals surface area (Å²) >= 11 is 0. The van der Waals surface area contributed by atoms with Crippen LogP contribution in [0.5, 0.6) is 0 Å². The average molecular weight is 383 g/mol. The topological polar surface area (TPSA) is 61.6 Å². The molecule has 2 aromatic heterocycles. The number of likely N-dealkylation sites (tertiary alicyclic amines) is 2. The first-order chi connectivity index (χ1) is 13.8. The van der Waals surface area contributed by atoms with E-state index in [9.17, 15) is 4.79 Å². The largest absolute Gasteiger partial charge is 0.467 e. The van der Waals surface area contributed by atoms with Gasteiger partial charge in [0.1, 0.15) is 5.76 Å². The van der Waals surface area contributed by atoms with Crippen molar-refractivity contribution in [2.75, 3.05) is 26.2 Å². The Balaban J connectivity index is 1.23. The predicted octanol–water partition coefficient (Wildman–Crippen LogP) is 2.67. The molecule has 4 rings (SSSR count). The normalized spacial score (nSPS) is 22.2. The molecule has 28 heavy (non-hydrogen) atoms.